The van der Waals surface area contributed by atoms with Crippen molar-refractivity contribution in [3.05, 3.63) is 36.2 Å². The van der Waals surface area contributed by atoms with Gasteiger partial charge in [-0.05, 0) is 17.7 Å². The Morgan fingerprint density at radius 1 is 1.20 bits per heavy atom. The van der Waals surface area contributed by atoms with Crippen LogP contribution in [0.25, 0.3) is 11.0 Å². The molecule has 0 saturated heterocycles. The van der Waals surface area contributed by atoms with E-state index in [1.165, 1.54) is 0 Å². The second-order valence-electron chi connectivity index (χ2n) is 2.93. The molecule has 0 N–H and O–H groups in total. The second-order valence-corrected chi connectivity index (χ2v) is 2.93. The first kappa shape index (κ1) is 12.7. The zero-order valence-electron chi connectivity index (χ0n) is 8.30. The summed E-state index contributed by atoms with van der Waals surface area (Å²) >= 11 is 0. The average Bonchev–Trinajstić information content (AvgIpc) is 2.17. The molecule has 2 aromatic rings. The first-order valence-electron chi connectivity index (χ1n) is 4.15. The molecule has 1 aromatic carbocycles. The van der Waals surface area contributed by atoms with Crippen molar-refractivity contribution in [2.24, 2.45) is 0 Å². The number of carboxylic acids is 1. The molecule has 0 spiro atoms. The van der Waals surface area contributed by atoms with Crippen LogP contribution < -0.4 is 56.5 Å². The third-order valence-corrected chi connectivity index (χ3v) is 1.88. The predicted molar refractivity (Wildman–Crippen MR) is 48.2 cm³/mol. The van der Waals surface area contributed by atoms with E-state index < -0.39 is 5.97 Å². The van der Waals surface area contributed by atoms with Gasteiger partial charge < -0.3 is 9.90 Å². The van der Waals surface area contributed by atoms with Gasteiger partial charge in [-0.15, -0.1) is 0 Å². The number of carboxylic acid groups (broad SMARTS) is 1. The Morgan fingerprint density at radius 2 is 1.87 bits per heavy atom. The van der Waals surface area contributed by atoms with E-state index in [1.54, 1.807) is 30.6 Å². The smallest absolute Gasteiger partial charge is 0.550 e. The van der Waals surface area contributed by atoms with E-state index in [9.17, 15) is 9.90 Å². The van der Waals surface area contributed by atoms with E-state index in [0.29, 0.717) is 11.1 Å². The Labute approximate surface area is 129 Å². The van der Waals surface area contributed by atoms with Crippen molar-refractivity contribution < 1.29 is 61.3 Å². The van der Waals surface area contributed by atoms with Gasteiger partial charge in [-0.3, -0.25) is 9.97 Å². The topological polar surface area (TPSA) is 65.9 Å². The molecule has 5 heteroatoms. The fraction of sp³-hybridized carbons (Fsp3) is 0.100. The van der Waals surface area contributed by atoms with Crippen LogP contribution in [0, 0.1) is 0 Å². The number of nitrogens with zero attached hydrogens (tertiary/aromatic N) is 2. The molecule has 0 bridgehead atoms. The minimum atomic E-state index is -1.09. The van der Waals surface area contributed by atoms with E-state index in [4.69, 9.17) is 0 Å². The number of carbonyl (C=O) groups excluding carboxylic acids is 1. The van der Waals surface area contributed by atoms with E-state index >= 15 is 0 Å². The van der Waals surface area contributed by atoms with Crippen LogP contribution in [0.1, 0.15) is 5.56 Å². The number of rotatable bonds is 2. The normalized spacial score (nSPS) is 9.60. The van der Waals surface area contributed by atoms with Crippen LogP contribution in [0.3, 0.4) is 0 Å². The maximum Gasteiger partial charge on any atom is 1.00 e. The first-order valence-corrected chi connectivity index (χ1v) is 4.15. The zero-order chi connectivity index (χ0) is 9.97. The molecule has 0 saturated carbocycles. The molecule has 4 nitrogen and oxygen atoms in total. The van der Waals surface area contributed by atoms with Crippen molar-refractivity contribution in [3.8, 4) is 0 Å². The molecule has 0 aliphatic carbocycles. The van der Waals surface area contributed by atoms with Crippen LogP contribution in [-0.2, 0) is 11.2 Å². The molecule has 1 heterocycles. The number of benzene rings is 1. The largest absolute Gasteiger partial charge is 1.00 e. The van der Waals surface area contributed by atoms with Gasteiger partial charge in [0.25, 0.3) is 0 Å². The fourth-order valence-corrected chi connectivity index (χ4v) is 1.29. The van der Waals surface area contributed by atoms with Gasteiger partial charge >= 0.3 is 51.4 Å². The van der Waals surface area contributed by atoms with Gasteiger partial charge in [0.05, 0.1) is 11.0 Å². The SMILES string of the molecule is O=C([O-])Cc1ccc2nccnc2c1.[K+]. The summed E-state index contributed by atoms with van der Waals surface area (Å²) in [5, 5.41) is 10.4. The second kappa shape index (κ2) is 5.67. The van der Waals surface area contributed by atoms with Crippen molar-refractivity contribution in [2.75, 3.05) is 0 Å². The summed E-state index contributed by atoms with van der Waals surface area (Å²) in [4.78, 5) is 18.5. The van der Waals surface area contributed by atoms with E-state index in [0.717, 1.165) is 5.52 Å². The Kier molecular flexibility index (Phi) is 4.81. The minimum Gasteiger partial charge on any atom is -0.550 e. The molecule has 0 aliphatic heterocycles. The average molecular weight is 226 g/mol. The molecule has 15 heavy (non-hydrogen) atoms. The van der Waals surface area contributed by atoms with Gasteiger partial charge in [-0.25, -0.2) is 0 Å². The Bertz CT molecular complexity index is 488. The number of aliphatic carboxylic acids is 1. The molecule has 0 atom stereocenters. The van der Waals surface area contributed by atoms with E-state index in [-0.39, 0.29) is 57.8 Å². The third-order valence-electron chi connectivity index (χ3n) is 1.88. The molecule has 1 aromatic heterocycles. The van der Waals surface area contributed by atoms with Crippen LogP contribution in [0.5, 0.6) is 0 Å². The number of fused-ring (bicyclic) bond motifs is 1. The molecule has 70 valence electrons. The Hall–Kier alpha value is -0.334. The summed E-state index contributed by atoms with van der Waals surface area (Å²) in [5.74, 6) is -1.09. The van der Waals surface area contributed by atoms with E-state index in [2.05, 4.69) is 9.97 Å². The van der Waals surface area contributed by atoms with Gasteiger partial charge in [-0.2, -0.15) is 0 Å². The van der Waals surface area contributed by atoms with Crippen molar-refractivity contribution in [2.45, 2.75) is 6.42 Å². The molecule has 0 fully saturated rings. The first-order chi connectivity index (χ1) is 6.75. The standard InChI is InChI=1S/C10H8N2O2.K/c13-10(14)6-7-1-2-8-9(5-7)12-4-3-11-8;/h1-5H,6H2,(H,13,14);/q;+1/p-1. The summed E-state index contributed by atoms with van der Waals surface area (Å²) in [7, 11) is 0. The third kappa shape index (κ3) is 3.32. The fourth-order valence-electron chi connectivity index (χ4n) is 1.29. The van der Waals surface area contributed by atoms with Gasteiger partial charge in [0.1, 0.15) is 0 Å². The van der Waals surface area contributed by atoms with Crippen molar-refractivity contribution in [1.82, 2.24) is 9.97 Å². The zero-order valence-corrected chi connectivity index (χ0v) is 11.4. The molecule has 0 unspecified atom stereocenters. The monoisotopic (exact) mass is 226 g/mol. The maximum absolute atomic E-state index is 10.4. The van der Waals surface area contributed by atoms with Crippen molar-refractivity contribution in [3.63, 3.8) is 0 Å². The molecular formula is C10H7KN2O2. The van der Waals surface area contributed by atoms with Gasteiger partial charge in [0, 0.05) is 24.8 Å². The van der Waals surface area contributed by atoms with Crippen LogP contribution in [0.15, 0.2) is 30.6 Å². The number of hydrogen-bond donors (Lipinski definition) is 0. The number of carbonyl (C=O) groups is 1. The molecule has 0 radical (unpaired) electrons. The quantitative estimate of drug-likeness (QED) is 0.510. The van der Waals surface area contributed by atoms with Crippen LogP contribution in [0.4, 0.5) is 0 Å². The van der Waals surface area contributed by atoms with Crippen LogP contribution in [-0.4, -0.2) is 15.9 Å². The van der Waals surface area contributed by atoms with Gasteiger partial charge in [-0.1, -0.05) is 6.07 Å². The van der Waals surface area contributed by atoms with Crippen LogP contribution in [0.2, 0.25) is 0 Å². The van der Waals surface area contributed by atoms with Gasteiger partial charge in [0.2, 0.25) is 0 Å². The summed E-state index contributed by atoms with van der Waals surface area (Å²) in [6, 6.07) is 5.17. The molecule has 0 aliphatic rings. The van der Waals surface area contributed by atoms with Crippen molar-refractivity contribution >= 4 is 17.0 Å². The molecule has 0 amide bonds. The predicted octanol–water partition coefficient (Wildman–Crippen LogP) is -3.07. The summed E-state index contributed by atoms with van der Waals surface area (Å²) < 4.78 is 0. The summed E-state index contributed by atoms with van der Waals surface area (Å²) in [6.07, 6.45) is 3.08. The Balaban J connectivity index is 0.00000112. The molecule has 2 rings (SSSR count). The minimum absolute atomic E-state index is 0. The maximum atomic E-state index is 10.4. The number of hydrogen-bond acceptors (Lipinski definition) is 4. The Morgan fingerprint density at radius 3 is 2.53 bits per heavy atom. The molecular weight excluding hydrogens is 219 g/mol. The summed E-state index contributed by atoms with van der Waals surface area (Å²) in [6.45, 7) is 0. The van der Waals surface area contributed by atoms with E-state index in [1.807, 2.05) is 0 Å². The summed E-state index contributed by atoms with van der Waals surface area (Å²) in [5.41, 5.74) is 2.14. The van der Waals surface area contributed by atoms with Gasteiger partial charge in [0.15, 0.2) is 0 Å². The number of aromatic nitrogens is 2. The van der Waals surface area contributed by atoms with Crippen molar-refractivity contribution in [1.29, 1.82) is 0 Å². The van der Waals surface area contributed by atoms with Crippen LogP contribution >= 0.6 is 0 Å².